The maximum Gasteiger partial charge on any atom is 0.490 e. The summed E-state index contributed by atoms with van der Waals surface area (Å²) in [7, 11) is 0. The minimum atomic E-state index is -5.08. The lowest BCUT2D eigenvalue weighted by atomic mass is 9.83. The number of amides is 1. The van der Waals surface area contributed by atoms with Crippen molar-refractivity contribution in [2.75, 3.05) is 19.6 Å². The van der Waals surface area contributed by atoms with Gasteiger partial charge in [-0.25, -0.2) is 9.18 Å². The number of carboxylic acid groups (broad SMARTS) is 1. The molecule has 0 saturated carbocycles. The lowest BCUT2D eigenvalue weighted by Gasteiger charge is -2.50. The van der Waals surface area contributed by atoms with Crippen LogP contribution in [0.15, 0.2) is 60.8 Å². The molecule has 1 spiro atoms. The van der Waals surface area contributed by atoms with Crippen LogP contribution in [-0.4, -0.2) is 63.1 Å². The highest BCUT2D eigenvalue weighted by molar-refractivity contribution is 5.97. The highest BCUT2D eigenvalue weighted by Gasteiger charge is 2.50. The van der Waals surface area contributed by atoms with Crippen LogP contribution in [0.25, 0.3) is 10.9 Å². The summed E-state index contributed by atoms with van der Waals surface area (Å²) in [6.07, 6.45) is -1.30. The zero-order valence-electron chi connectivity index (χ0n) is 18.6. The molecule has 0 bridgehead atoms. The van der Waals surface area contributed by atoms with Crippen molar-refractivity contribution in [2.45, 2.75) is 31.1 Å². The third kappa shape index (κ3) is 5.43. The van der Waals surface area contributed by atoms with E-state index in [2.05, 4.69) is 9.88 Å². The number of halogens is 4. The van der Waals surface area contributed by atoms with E-state index >= 15 is 0 Å². The molecule has 1 unspecified atom stereocenters. The van der Waals surface area contributed by atoms with Crippen molar-refractivity contribution in [3.63, 3.8) is 0 Å². The van der Waals surface area contributed by atoms with E-state index in [4.69, 9.17) is 9.90 Å². The van der Waals surface area contributed by atoms with Crippen LogP contribution in [-0.2, 0) is 11.3 Å². The Bertz CT molecular complexity index is 1230. The predicted octanol–water partition coefficient (Wildman–Crippen LogP) is 4.50. The largest absolute Gasteiger partial charge is 0.490 e. The molecule has 35 heavy (non-hydrogen) atoms. The molecule has 0 aliphatic carbocycles. The summed E-state index contributed by atoms with van der Waals surface area (Å²) in [6, 6.07) is 16.5. The smallest absolute Gasteiger partial charge is 0.475 e. The van der Waals surface area contributed by atoms with Crippen LogP contribution in [0.4, 0.5) is 17.6 Å². The van der Waals surface area contributed by atoms with Gasteiger partial charge >= 0.3 is 12.1 Å². The number of carboxylic acids is 1. The summed E-state index contributed by atoms with van der Waals surface area (Å²) < 4.78 is 44.9. The molecule has 3 aromatic rings. The molecule has 1 aromatic heterocycles. The second-order valence-corrected chi connectivity index (χ2v) is 8.72. The number of para-hydroxylation sites is 1. The van der Waals surface area contributed by atoms with Gasteiger partial charge in [0, 0.05) is 43.3 Å². The minimum absolute atomic E-state index is 0.0590. The molecule has 2 aliphatic heterocycles. The number of alkyl halides is 3. The molecule has 3 heterocycles. The molecule has 1 amide bonds. The summed E-state index contributed by atoms with van der Waals surface area (Å²) in [6.45, 7) is 3.35. The number of likely N-dealkylation sites (tertiary alicyclic amines) is 2. The van der Waals surface area contributed by atoms with E-state index in [1.165, 1.54) is 12.1 Å². The van der Waals surface area contributed by atoms with Crippen molar-refractivity contribution >= 4 is 22.8 Å². The predicted molar refractivity (Wildman–Crippen MR) is 120 cm³/mol. The van der Waals surface area contributed by atoms with E-state index in [-0.39, 0.29) is 17.3 Å². The molecule has 5 rings (SSSR count). The van der Waals surface area contributed by atoms with Crippen molar-refractivity contribution < 1.29 is 32.3 Å². The monoisotopic (exact) mass is 489 g/mol. The average Bonchev–Trinajstić information content (AvgIpc) is 3.30. The van der Waals surface area contributed by atoms with Gasteiger partial charge < -0.3 is 10.0 Å². The van der Waals surface area contributed by atoms with Gasteiger partial charge in [0.05, 0.1) is 11.1 Å². The second-order valence-electron chi connectivity index (χ2n) is 8.72. The van der Waals surface area contributed by atoms with Gasteiger partial charge in [0.1, 0.15) is 5.82 Å². The average molecular weight is 489 g/mol. The number of hydrogen-bond acceptors (Lipinski definition) is 4. The molecule has 2 saturated heterocycles. The van der Waals surface area contributed by atoms with Gasteiger partial charge in [0.2, 0.25) is 0 Å². The summed E-state index contributed by atoms with van der Waals surface area (Å²) in [5, 5.41) is 8.11. The summed E-state index contributed by atoms with van der Waals surface area (Å²) in [5.41, 5.74) is 2.74. The van der Waals surface area contributed by atoms with Crippen molar-refractivity contribution in [2.24, 2.45) is 0 Å². The van der Waals surface area contributed by atoms with E-state index < -0.39 is 12.1 Å². The van der Waals surface area contributed by atoms with Crippen molar-refractivity contribution in [3.8, 4) is 0 Å². The molecule has 10 heteroatoms. The number of fused-ring (bicyclic) bond motifs is 1. The fraction of sp³-hybridized carbons (Fsp3) is 0.320. The number of carbonyl (C=O) groups excluding carboxylic acids is 1. The molecule has 2 fully saturated rings. The van der Waals surface area contributed by atoms with E-state index in [0.717, 1.165) is 55.5 Å². The maximum absolute atomic E-state index is 13.2. The Kier molecular flexibility index (Phi) is 6.75. The number of aromatic nitrogens is 1. The van der Waals surface area contributed by atoms with E-state index in [0.29, 0.717) is 5.56 Å². The van der Waals surface area contributed by atoms with Gasteiger partial charge in [-0.3, -0.25) is 14.7 Å². The molecular weight excluding hydrogens is 466 g/mol. The van der Waals surface area contributed by atoms with E-state index in [1.54, 1.807) is 6.20 Å². The normalized spacial score (nSPS) is 19.8. The van der Waals surface area contributed by atoms with Gasteiger partial charge in [-0.05, 0) is 42.7 Å². The maximum atomic E-state index is 13.2. The zero-order valence-corrected chi connectivity index (χ0v) is 18.6. The van der Waals surface area contributed by atoms with Crippen LogP contribution < -0.4 is 0 Å². The number of aliphatic carboxylic acids is 1. The first-order valence-corrected chi connectivity index (χ1v) is 11.0. The summed E-state index contributed by atoms with van der Waals surface area (Å²) >= 11 is 0. The molecule has 0 radical (unpaired) electrons. The summed E-state index contributed by atoms with van der Waals surface area (Å²) in [5.74, 6) is -2.90. The van der Waals surface area contributed by atoms with Crippen LogP contribution in [0.2, 0.25) is 0 Å². The van der Waals surface area contributed by atoms with Crippen LogP contribution in [0.1, 0.15) is 28.8 Å². The zero-order chi connectivity index (χ0) is 25.2. The Morgan fingerprint density at radius 3 is 2.31 bits per heavy atom. The Labute approximate surface area is 198 Å². The topological polar surface area (TPSA) is 73.7 Å². The third-order valence-electron chi connectivity index (χ3n) is 6.50. The fourth-order valence-corrected chi connectivity index (χ4v) is 4.51. The molecule has 2 aromatic carbocycles. The van der Waals surface area contributed by atoms with Crippen LogP contribution in [0.3, 0.4) is 0 Å². The van der Waals surface area contributed by atoms with Crippen LogP contribution in [0, 0.1) is 5.82 Å². The molecule has 184 valence electrons. The van der Waals surface area contributed by atoms with Gasteiger partial charge in [-0.1, -0.05) is 30.3 Å². The summed E-state index contributed by atoms with van der Waals surface area (Å²) in [4.78, 5) is 30.8. The standard InChI is InChI=1S/C23H22FN3O.C2HF3O2/c24-20-7-5-17(6-8-20)15-27-12-10-23(27)9-11-26(16-23)22(28)19-13-18-3-1-2-4-21(18)25-14-19;3-2(4,5)1(6)7/h1-8,13-14H,9-12,15-16H2;(H,6,7). The highest BCUT2D eigenvalue weighted by atomic mass is 19.4. The number of hydrogen-bond donors (Lipinski definition) is 1. The third-order valence-corrected chi connectivity index (χ3v) is 6.50. The number of benzene rings is 2. The molecule has 1 atom stereocenters. The Morgan fingerprint density at radius 1 is 1.03 bits per heavy atom. The number of pyridine rings is 1. The van der Waals surface area contributed by atoms with E-state index in [9.17, 15) is 22.4 Å². The van der Waals surface area contributed by atoms with Crippen molar-refractivity contribution in [1.82, 2.24) is 14.8 Å². The van der Waals surface area contributed by atoms with Crippen molar-refractivity contribution in [3.05, 3.63) is 77.7 Å². The Morgan fingerprint density at radius 2 is 1.69 bits per heavy atom. The molecular formula is C25H23F4N3O3. The first-order valence-electron chi connectivity index (χ1n) is 11.0. The number of carbonyl (C=O) groups is 2. The SMILES string of the molecule is O=C(O)C(F)(F)F.O=C(c1cnc2ccccc2c1)N1CCC2(CCN2Cc2ccc(F)cc2)C1. The van der Waals surface area contributed by atoms with Crippen molar-refractivity contribution in [1.29, 1.82) is 0 Å². The molecule has 2 aliphatic rings. The Balaban J connectivity index is 0.000000364. The lowest BCUT2D eigenvalue weighted by molar-refractivity contribution is -0.192. The van der Waals surface area contributed by atoms with Crippen LogP contribution >= 0.6 is 0 Å². The van der Waals surface area contributed by atoms with E-state index in [1.807, 2.05) is 47.4 Å². The number of rotatable bonds is 3. The lowest BCUT2D eigenvalue weighted by Crippen LogP contribution is -2.60. The minimum Gasteiger partial charge on any atom is -0.475 e. The quantitative estimate of drug-likeness (QED) is 0.549. The van der Waals surface area contributed by atoms with Gasteiger partial charge in [0.25, 0.3) is 5.91 Å². The van der Waals surface area contributed by atoms with Gasteiger partial charge in [-0.2, -0.15) is 13.2 Å². The van der Waals surface area contributed by atoms with Crippen LogP contribution in [0.5, 0.6) is 0 Å². The van der Waals surface area contributed by atoms with Gasteiger partial charge in [0.15, 0.2) is 0 Å². The van der Waals surface area contributed by atoms with Gasteiger partial charge in [-0.15, -0.1) is 0 Å². The first-order chi connectivity index (χ1) is 16.6. The molecule has 6 nitrogen and oxygen atoms in total. The number of nitrogens with zero attached hydrogens (tertiary/aromatic N) is 3. The Hall–Kier alpha value is -3.53. The first kappa shape index (κ1) is 24.6. The highest BCUT2D eigenvalue weighted by Crippen LogP contribution is 2.40. The molecule has 1 N–H and O–H groups in total. The second kappa shape index (κ2) is 9.61. The fourth-order valence-electron chi connectivity index (χ4n) is 4.51.